The van der Waals surface area contributed by atoms with Crippen molar-refractivity contribution < 1.29 is 47.5 Å². The third kappa shape index (κ3) is 4.35. The van der Waals surface area contributed by atoms with Gasteiger partial charge in [-0.1, -0.05) is 0 Å². The van der Waals surface area contributed by atoms with E-state index in [0.29, 0.717) is 4.90 Å². The molecule has 3 heterocycles. The Morgan fingerprint density at radius 3 is 2.55 bits per heavy atom. The van der Waals surface area contributed by atoms with Crippen molar-refractivity contribution in [1.29, 1.82) is 0 Å². The molecule has 0 aromatic rings. The zero-order valence-electron chi connectivity index (χ0n) is 16.0. The number of aliphatic hydroxyl groups is 3. The molecule has 0 aromatic carbocycles. The molecule has 0 spiro atoms. The Bertz CT molecular complexity index is 675. The zero-order chi connectivity index (χ0) is 21.7. The Kier molecular flexibility index (Phi) is 5.86. The van der Waals surface area contributed by atoms with Gasteiger partial charge in [0.1, 0.15) is 18.3 Å². The van der Waals surface area contributed by atoms with Gasteiger partial charge in [-0.05, 0) is 20.9 Å². The van der Waals surface area contributed by atoms with Crippen LogP contribution in [0.3, 0.4) is 0 Å². The van der Waals surface area contributed by atoms with Gasteiger partial charge in [-0.25, -0.2) is 0 Å². The summed E-state index contributed by atoms with van der Waals surface area (Å²) in [6.07, 6.45) is -11.2. The van der Waals surface area contributed by atoms with Crippen molar-refractivity contribution in [2.75, 3.05) is 20.2 Å². The Labute approximate surface area is 164 Å². The molecule has 6 atom stereocenters. The molecule has 4 N–H and O–H groups in total. The van der Waals surface area contributed by atoms with Gasteiger partial charge in [-0.3, -0.25) is 9.69 Å². The lowest BCUT2D eigenvalue weighted by molar-refractivity contribution is -0.244. The van der Waals surface area contributed by atoms with Crippen molar-refractivity contribution in [2.24, 2.45) is 0 Å². The van der Waals surface area contributed by atoms with Crippen molar-refractivity contribution in [3.05, 3.63) is 11.8 Å². The van der Waals surface area contributed by atoms with Gasteiger partial charge in [0.05, 0.1) is 6.61 Å². The van der Waals surface area contributed by atoms with Crippen molar-refractivity contribution in [3.63, 3.8) is 0 Å². The van der Waals surface area contributed by atoms with E-state index < -0.39 is 61.5 Å². The van der Waals surface area contributed by atoms with Gasteiger partial charge in [-0.2, -0.15) is 13.2 Å². The summed E-state index contributed by atoms with van der Waals surface area (Å²) in [7, 11) is 1.00. The van der Waals surface area contributed by atoms with Gasteiger partial charge >= 0.3 is 6.18 Å². The summed E-state index contributed by atoms with van der Waals surface area (Å²) in [4.78, 5) is 13.8. The van der Waals surface area contributed by atoms with Crippen LogP contribution >= 0.6 is 0 Å². The molecule has 3 rings (SSSR count). The second kappa shape index (κ2) is 7.65. The highest BCUT2D eigenvalue weighted by Gasteiger charge is 2.57. The van der Waals surface area contributed by atoms with Gasteiger partial charge in [-0.15, -0.1) is 0 Å². The molecule has 2 saturated heterocycles. The lowest BCUT2D eigenvalue weighted by Crippen LogP contribution is -2.57. The number of halogens is 3. The number of nitrogens with one attached hydrogen (secondary N) is 1. The standard InChI is InChI=1S/C16H24F3N3O7/c1-15(2)28-9-8(6-23)27-12(10(9)29-15)22-5-7(11(24)20-14(22)26)4-21(3)13(25)16(17,18)19/h5,8-10,12-14,23,25-26H,4,6H2,1-3H3,(H,20,24)/t8-,9?,10?,12-,13?,14?/m1/s1. The van der Waals surface area contributed by atoms with Crippen molar-refractivity contribution >= 4 is 5.91 Å². The van der Waals surface area contributed by atoms with Gasteiger partial charge in [0.25, 0.3) is 5.91 Å². The molecule has 29 heavy (non-hydrogen) atoms. The van der Waals surface area contributed by atoms with Gasteiger partial charge < -0.3 is 39.7 Å². The molecule has 3 aliphatic heterocycles. The Morgan fingerprint density at radius 1 is 1.34 bits per heavy atom. The van der Waals surface area contributed by atoms with Crippen LogP contribution in [-0.2, 0) is 19.0 Å². The Balaban J connectivity index is 1.82. The summed E-state index contributed by atoms with van der Waals surface area (Å²) in [5.74, 6) is -1.77. The number of hydrogen-bond donors (Lipinski definition) is 4. The second-order valence-corrected chi connectivity index (χ2v) is 7.59. The number of hydrogen-bond acceptors (Lipinski definition) is 9. The number of carbonyl (C=O) groups is 1. The van der Waals surface area contributed by atoms with E-state index in [-0.39, 0.29) is 12.2 Å². The van der Waals surface area contributed by atoms with Crippen LogP contribution in [0.5, 0.6) is 0 Å². The summed E-state index contributed by atoms with van der Waals surface area (Å²) in [6.45, 7) is 2.40. The minimum atomic E-state index is -4.89. The monoisotopic (exact) mass is 427 g/mol. The van der Waals surface area contributed by atoms with Crippen molar-refractivity contribution in [2.45, 2.75) is 62.9 Å². The molecule has 4 unspecified atom stereocenters. The van der Waals surface area contributed by atoms with Crippen molar-refractivity contribution in [3.8, 4) is 0 Å². The lowest BCUT2D eigenvalue weighted by atomic mass is 10.1. The fraction of sp³-hybridized carbons (Fsp3) is 0.812. The van der Waals surface area contributed by atoms with Crippen LogP contribution in [0.2, 0.25) is 0 Å². The van der Waals surface area contributed by atoms with E-state index in [9.17, 15) is 33.3 Å². The van der Waals surface area contributed by atoms with Gasteiger partial charge in [0, 0.05) is 18.3 Å². The predicted octanol–water partition coefficient (Wildman–Crippen LogP) is -1.37. The first kappa shape index (κ1) is 22.2. The van der Waals surface area contributed by atoms with Crippen LogP contribution < -0.4 is 5.32 Å². The Hall–Kier alpha value is -1.48. The summed E-state index contributed by atoms with van der Waals surface area (Å²) < 4.78 is 55.3. The number of amides is 1. The molecule has 0 aliphatic carbocycles. The van der Waals surface area contributed by atoms with Crippen LogP contribution in [-0.4, -0.2) is 100 Å². The van der Waals surface area contributed by atoms with E-state index >= 15 is 0 Å². The first-order chi connectivity index (χ1) is 13.3. The summed E-state index contributed by atoms with van der Waals surface area (Å²) in [5, 5.41) is 31.4. The molecule has 13 heteroatoms. The Morgan fingerprint density at radius 2 is 1.97 bits per heavy atom. The number of rotatable bonds is 5. The van der Waals surface area contributed by atoms with Crippen molar-refractivity contribution in [1.82, 2.24) is 15.1 Å². The van der Waals surface area contributed by atoms with E-state index in [1.54, 1.807) is 13.8 Å². The summed E-state index contributed by atoms with van der Waals surface area (Å²) in [5.41, 5.74) is -0.146. The maximum atomic E-state index is 12.7. The number of fused-ring (bicyclic) bond motifs is 1. The number of nitrogens with zero attached hydrogens (tertiary/aromatic N) is 2. The molecule has 1 amide bonds. The molecule has 2 fully saturated rings. The number of likely N-dealkylation sites (N-methyl/N-ethyl adjacent to an activating group) is 1. The molecule has 0 radical (unpaired) electrons. The number of aliphatic hydroxyl groups excluding tert-OH is 3. The highest BCUT2D eigenvalue weighted by Crippen LogP contribution is 2.40. The molecule has 166 valence electrons. The van der Waals surface area contributed by atoms with Gasteiger partial charge in [0.15, 0.2) is 12.0 Å². The fourth-order valence-corrected chi connectivity index (χ4v) is 3.57. The third-order valence-electron chi connectivity index (χ3n) is 4.87. The SMILES string of the molecule is CN(CC1=CN([C@@H]2O[C@H](CO)C3OC(C)(C)OC32)C(O)NC1=O)C(O)C(F)(F)F. The van der Waals surface area contributed by atoms with E-state index in [2.05, 4.69) is 5.32 Å². The average Bonchev–Trinajstić information content (AvgIpc) is 3.08. The molecule has 0 bridgehead atoms. The molecular weight excluding hydrogens is 403 g/mol. The zero-order valence-corrected chi connectivity index (χ0v) is 16.0. The molecule has 3 aliphatic rings. The lowest BCUT2D eigenvalue weighted by Gasteiger charge is -2.38. The van der Waals surface area contributed by atoms with Crippen LogP contribution in [0.4, 0.5) is 13.2 Å². The first-order valence-corrected chi connectivity index (χ1v) is 8.88. The van der Waals surface area contributed by atoms with E-state index in [0.717, 1.165) is 13.2 Å². The summed E-state index contributed by atoms with van der Waals surface area (Å²) in [6, 6.07) is 0. The van der Waals surface area contributed by atoms with Gasteiger partial charge in [0.2, 0.25) is 12.6 Å². The van der Waals surface area contributed by atoms with E-state index in [1.165, 1.54) is 4.90 Å². The quantitative estimate of drug-likeness (QED) is 0.394. The number of alkyl halides is 3. The van der Waals surface area contributed by atoms with E-state index in [4.69, 9.17) is 14.2 Å². The molecule has 0 saturated carbocycles. The normalized spacial score (nSPS) is 35.5. The maximum Gasteiger partial charge on any atom is 0.428 e. The summed E-state index contributed by atoms with van der Waals surface area (Å²) >= 11 is 0. The number of carbonyl (C=O) groups excluding carboxylic acids is 1. The van der Waals surface area contributed by atoms with Crippen LogP contribution in [0.15, 0.2) is 11.8 Å². The molecule has 10 nitrogen and oxygen atoms in total. The largest absolute Gasteiger partial charge is 0.428 e. The minimum absolute atomic E-state index is 0.146. The third-order valence-corrected chi connectivity index (χ3v) is 4.87. The average molecular weight is 427 g/mol. The smallest absolute Gasteiger partial charge is 0.394 e. The number of ether oxygens (including phenoxy) is 3. The first-order valence-electron chi connectivity index (χ1n) is 8.88. The van der Waals surface area contributed by atoms with E-state index in [1.807, 2.05) is 0 Å². The highest BCUT2D eigenvalue weighted by molar-refractivity contribution is 5.94. The maximum absolute atomic E-state index is 12.7. The molecule has 0 aromatic heterocycles. The predicted molar refractivity (Wildman–Crippen MR) is 88.3 cm³/mol. The molecular formula is C16H24F3N3O7. The second-order valence-electron chi connectivity index (χ2n) is 7.59. The van der Waals surface area contributed by atoms with Crippen LogP contribution in [0, 0.1) is 0 Å². The highest BCUT2D eigenvalue weighted by atomic mass is 19.4. The minimum Gasteiger partial charge on any atom is -0.394 e. The van der Waals surface area contributed by atoms with Crippen LogP contribution in [0.25, 0.3) is 0 Å². The fourth-order valence-electron chi connectivity index (χ4n) is 3.57. The topological polar surface area (TPSA) is 124 Å². The van der Waals surface area contributed by atoms with Crippen LogP contribution in [0.1, 0.15) is 13.8 Å².